The minimum atomic E-state index is -0.175. The number of thiazole rings is 1. The van der Waals surface area contributed by atoms with Crippen molar-refractivity contribution in [3.05, 3.63) is 40.1 Å². The molecule has 100 valence electrons. The molecule has 2 heterocycles. The number of aryl methyl sites for hydroxylation is 1. The Morgan fingerprint density at radius 3 is 2.95 bits per heavy atom. The van der Waals surface area contributed by atoms with Crippen molar-refractivity contribution < 1.29 is 4.79 Å². The molecule has 2 aromatic heterocycles. The van der Waals surface area contributed by atoms with Crippen molar-refractivity contribution in [1.29, 1.82) is 0 Å². The van der Waals surface area contributed by atoms with Gasteiger partial charge >= 0.3 is 0 Å². The molecule has 0 aliphatic carbocycles. The van der Waals surface area contributed by atoms with Crippen LogP contribution in [0.5, 0.6) is 0 Å². The first-order valence-corrected chi connectivity index (χ1v) is 6.90. The number of anilines is 1. The third-order valence-electron chi connectivity index (χ3n) is 2.47. The number of carbonyl (C=O) groups excluding carboxylic acids is 1. The summed E-state index contributed by atoms with van der Waals surface area (Å²) in [5.41, 5.74) is 1.32. The first-order chi connectivity index (χ1) is 9.19. The Hall–Kier alpha value is -1.95. The van der Waals surface area contributed by atoms with Crippen LogP contribution in [0.3, 0.4) is 0 Å². The van der Waals surface area contributed by atoms with Gasteiger partial charge in [0.1, 0.15) is 5.69 Å². The Morgan fingerprint density at radius 2 is 2.26 bits per heavy atom. The van der Waals surface area contributed by atoms with Gasteiger partial charge in [-0.15, -0.1) is 11.3 Å². The molecular formula is C13H16N4OS. The molecule has 2 aromatic rings. The maximum absolute atomic E-state index is 12.0. The molecule has 0 unspecified atom stereocenters. The molecule has 0 aliphatic heterocycles. The van der Waals surface area contributed by atoms with Gasteiger partial charge in [0, 0.05) is 29.5 Å². The number of hydrogen-bond acceptors (Lipinski definition) is 5. The maximum Gasteiger partial charge on any atom is 0.270 e. The second kappa shape index (κ2) is 6.29. The van der Waals surface area contributed by atoms with Crippen LogP contribution in [0.4, 0.5) is 5.69 Å². The van der Waals surface area contributed by atoms with E-state index in [2.05, 4.69) is 20.6 Å². The van der Waals surface area contributed by atoms with Crippen LogP contribution in [0.25, 0.3) is 0 Å². The smallest absolute Gasteiger partial charge is 0.270 e. The molecule has 2 N–H and O–H groups in total. The van der Waals surface area contributed by atoms with E-state index in [9.17, 15) is 4.79 Å². The van der Waals surface area contributed by atoms with Gasteiger partial charge in [0.05, 0.1) is 11.6 Å². The Kier molecular flexibility index (Phi) is 4.46. The van der Waals surface area contributed by atoms with E-state index in [-0.39, 0.29) is 5.91 Å². The van der Waals surface area contributed by atoms with Crippen LogP contribution in [0.15, 0.2) is 24.5 Å². The van der Waals surface area contributed by atoms with E-state index in [4.69, 9.17) is 0 Å². The number of nitrogens with one attached hydrogen (secondary N) is 2. The highest BCUT2D eigenvalue weighted by atomic mass is 32.1. The van der Waals surface area contributed by atoms with Crippen LogP contribution in [0.2, 0.25) is 0 Å². The number of amides is 1. The lowest BCUT2D eigenvalue weighted by molar-refractivity contribution is 0.0946. The molecule has 0 saturated heterocycles. The highest BCUT2D eigenvalue weighted by molar-refractivity contribution is 7.11. The summed E-state index contributed by atoms with van der Waals surface area (Å²) in [5.74, 6) is -0.175. The zero-order chi connectivity index (χ0) is 13.7. The SMILES string of the molecule is CCNc1ccnc(C(=O)NCc2cnc(C)s2)c1. The molecule has 6 heteroatoms. The average molecular weight is 276 g/mol. The summed E-state index contributed by atoms with van der Waals surface area (Å²) in [6.07, 6.45) is 3.41. The standard InChI is InChI=1S/C13H16N4OS/c1-3-14-10-4-5-15-12(6-10)13(18)17-8-11-7-16-9(2)19-11/h4-7H,3,8H2,1-2H3,(H,14,15)(H,17,18). The number of aromatic nitrogens is 2. The minimum Gasteiger partial charge on any atom is -0.385 e. The van der Waals surface area contributed by atoms with Crippen molar-refractivity contribution >= 4 is 22.9 Å². The van der Waals surface area contributed by atoms with E-state index in [0.717, 1.165) is 22.1 Å². The van der Waals surface area contributed by atoms with Crippen molar-refractivity contribution in [3.63, 3.8) is 0 Å². The van der Waals surface area contributed by atoms with E-state index in [1.807, 2.05) is 19.9 Å². The summed E-state index contributed by atoms with van der Waals surface area (Å²) in [6.45, 7) is 5.24. The Balaban J connectivity index is 1.97. The van der Waals surface area contributed by atoms with E-state index >= 15 is 0 Å². The van der Waals surface area contributed by atoms with Gasteiger partial charge in [-0.3, -0.25) is 9.78 Å². The lowest BCUT2D eigenvalue weighted by Crippen LogP contribution is -2.23. The second-order valence-electron chi connectivity index (χ2n) is 3.99. The molecule has 0 aromatic carbocycles. The number of carbonyl (C=O) groups is 1. The van der Waals surface area contributed by atoms with E-state index in [1.165, 1.54) is 0 Å². The molecule has 0 atom stereocenters. The van der Waals surface area contributed by atoms with Crippen molar-refractivity contribution in [2.24, 2.45) is 0 Å². The quantitative estimate of drug-likeness (QED) is 0.878. The van der Waals surface area contributed by atoms with Crippen molar-refractivity contribution in [2.75, 3.05) is 11.9 Å². The Labute approximate surface area is 116 Å². The fourth-order valence-corrected chi connectivity index (χ4v) is 2.35. The van der Waals surface area contributed by atoms with Gasteiger partial charge in [0.15, 0.2) is 0 Å². The number of hydrogen-bond donors (Lipinski definition) is 2. The normalized spacial score (nSPS) is 10.2. The minimum absolute atomic E-state index is 0.175. The van der Waals surface area contributed by atoms with Crippen molar-refractivity contribution in [1.82, 2.24) is 15.3 Å². The third-order valence-corrected chi connectivity index (χ3v) is 3.38. The summed E-state index contributed by atoms with van der Waals surface area (Å²) in [7, 11) is 0. The first kappa shape index (κ1) is 13.5. The van der Waals surface area contributed by atoms with Crippen LogP contribution < -0.4 is 10.6 Å². The summed E-state index contributed by atoms with van der Waals surface area (Å²) in [6, 6.07) is 3.59. The molecule has 0 radical (unpaired) electrons. The molecule has 19 heavy (non-hydrogen) atoms. The molecule has 5 nitrogen and oxygen atoms in total. The summed E-state index contributed by atoms with van der Waals surface area (Å²) < 4.78 is 0. The molecular weight excluding hydrogens is 260 g/mol. The van der Waals surface area contributed by atoms with Gasteiger partial charge in [0.25, 0.3) is 5.91 Å². The lowest BCUT2D eigenvalue weighted by Gasteiger charge is -2.06. The highest BCUT2D eigenvalue weighted by Gasteiger charge is 2.08. The summed E-state index contributed by atoms with van der Waals surface area (Å²) in [4.78, 5) is 21.2. The Morgan fingerprint density at radius 1 is 1.42 bits per heavy atom. The summed E-state index contributed by atoms with van der Waals surface area (Å²) >= 11 is 1.58. The van der Waals surface area contributed by atoms with Crippen LogP contribution >= 0.6 is 11.3 Å². The summed E-state index contributed by atoms with van der Waals surface area (Å²) in [5, 5.41) is 6.99. The number of pyridine rings is 1. The molecule has 0 fully saturated rings. The fraction of sp³-hybridized carbons (Fsp3) is 0.308. The van der Waals surface area contributed by atoms with Gasteiger partial charge in [-0.2, -0.15) is 0 Å². The number of nitrogens with zero attached hydrogens (tertiary/aromatic N) is 2. The van der Waals surface area contributed by atoms with Gasteiger partial charge in [-0.05, 0) is 26.0 Å². The van der Waals surface area contributed by atoms with Crippen LogP contribution in [0, 0.1) is 6.92 Å². The van der Waals surface area contributed by atoms with E-state index in [0.29, 0.717) is 12.2 Å². The van der Waals surface area contributed by atoms with Gasteiger partial charge in [-0.25, -0.2) is 4.98 Å². The van der Waals surface area contributed by atoms with Crippen LogP contribution in [-0.4, -0.2) is 22.4 Å². The maximum atomic E-state index is 12.0. The topological polar surface area (TPSA) is 66.9 Å². The zero-order valence-electron chi connectivity index (χ0n) is 10.9. The van der Waals surface area contributed by atoms with Gasteiger partial charge < -0.3 is 10.6 Å². The molecule has 1 amide bonds. The first-order valence-electron chi connectivity index (χ1n) is 6.08. The third kappa shape index (κ3) is 3.75. The van der Waals surface area contributed by atoms with Crippen molar-refractivity contribution in [2.45, 2.75) is 20.4 Å². The molecule has 0 saturated carbocycles. The largest absolute Gasteiger partial charge is 0.385 e. The molecule has 0 bridgehead atoms. The number of rotatable bonds is 5. The van der Waals surface area contributed by atoms with Crippen molar-refractivity contribution in [3.8, 4) is 0 Å². The fourth-order valence-electron chi connectivity index (χ4n) is 1.61. The molecule has 0 spiro atoms. The molecule has 2 rings (SSSR count). The van der Waals surface area contributed by atoms with E-state index < -0.39 is 0 Å². The van der Waals surface area contributed by atoms with Gasteiger partial charge in [-0.1, -0.05) is 0 Å². The van der Waals surface area contributed by atoms with Crippen LogP contribution in [-0.2, 0) is 6.54 Å². The molecule has 0 aliphatic rings. The Bertz CT molecular complexity index is 567. The monoisotopic (exact) mass is 276 g/mol. The average Bonchev–Trinajstić information content (AvgIpc) is 2.82. The predicted octanol–water partition coefficient (Wildman–Crippen LogP) is 2.21. The zero-order valence-corrected chi connectivity index (χ0v) is 11.8. The highest BCUT2D eigenvalue weighted by Crippen LogP contribution is 2.11. The lowest BCUT2D eigenvalue weighted by atomic mass is 10.3. The van der Waals surface area contributed by atoms with E-state index in [1.54, 1.807) is 29.8 Å². The second-order valence-corrected chi connectivity index (χ2v) is 5.31. The predicted molar refractivity (Wildman–Crippen MR) is 76.4 cm³/mol. The van der Waals surface area contributed by atoms with Crippen LogP contribution in [0.1, 0.15) is 27.3 Å². The van der Waals surface area contributed by atoms with Gasteiger partial charge in [0.2, 0.25) is 0 Å².